The van der Waals surface area contributed by atoms with Gasteiger partial charge in [-0.3, -0.25) is 0 Å². The number of hydrogen-bond acceptors (Lipinski definition) is 4. The van der Waals surface area contributed by atoms with Gasteiger partial charge in [0.2, 0.25) is 0 Å². The van der Waals surface area contributed by atoms with Crippen LogP contribution in [0.1, 0.15) is 0 Å². The second kappa shape index (κ2) is 5.99. The predicted octanol–water partition coefficient (Wildman–Crippen LogP) is 3.79. The minimum Gasteiger partial charge on any atom is -0.497 e. The number of rotatable bonds is 4. The molecule has 0 saturated heterocycles. The predicted molar refractivity (Wildman–Crippen MR) is 84.2 cm³/mol. The molecule has 0 radical (unpaired) electrons. The van der Waals surface area contributed by atoms with Gasteiger partial charge in [0.1, 0.15) is 11.5 Å². The molecule has 1 heterocycles. The third-order valence-corrected chi connectivity index (χ3v) is 5.18. The highest BCUT2D eigenvalue weighted by Gasteiger charge is 2.31. The topological polar surface area (TPSA) is 57.5 Å². The Labute approximate surface area is 141 Å². The minimum atomic E-state index is -4.84. The molecule has 132 valence electrons. The molecule has 0 amide bonds. The van der Waals surface area contributed by atoms with Crippen LogP contribution in [0.3, 0.4) is 0 Å². The lowest BCUT2D eigenvalue weighted by Gasteiger charge is -2.11. The van der Waals surface area contributed by atoms with Crippen LogP contribution in [-0.4, -0.2) is 25.9 Å². The second-order valence-electron chi connectivity index (χ2n) is 5.06. The van der Waals surface area contributed by atoms with Gasteiger partial charge < -0.3 is 9.47 Å². The molecule has 0 atom stereocenters. The van der Waals surface area contributed by atoms with Crippen molar-refractivity contribution in [3.05, 3.63) is 54.7 Å². The van der Waals surface area contributed by atoms with Crippen molar-refractivity contribution in [2.24, 2.45) is 0 Å². The summed E-state index contributed by atoms with van der Waals surface area (Å²) in [5, 5.41) is 0.653. The lowest BCUT2D eigenvalue weighted by Crippen LogP contribution is -2.17. The first-order valence-electron chi connectivity index (χ1n) is 6.97. The summed E-state index contributed by atoms with van der Waals surface area (Å²) in [6.45, 7) is 0. The zero-order chi connectivity index (χ0) is 18.2. The number of halogens is 3. The molecule has 0 aliphatic rings. The highest BCUT2D eigenvalue weighted by atomic mass is 32.2. The molecule has 0 fully saturated rings. The molecule has 3 rings (SSSR count). The number of alkyl halides is 3. The Balaban J connectivity index is 1.99. The Bertz CT molecular complexity index is 1010. The summed E-state index contributed by atoms with van der Waals surface area (Å²) in [5.74, 6) is 0.0878. The average molecular weight is 371 g/mol. The molecule has 3 aromatic rings. The van der Waals surface area contributed by atoms with Crippen LogP contribution in [0.15, 0.2) is 59.6 Å². The van der Waals surface area contributed by atoms with E-state index in [0.29, 0.717) is 16.7 Å². The van der Waals surface area contributed by atoms with E-state index in [0.717, 1.165) is 28.2 Å². The van der Waals surface area contributed by atoms with E-state index in [2.05, 4.69) is 4.74 Å². The van der Waals surface area contributed by atoms with Gasteiger partial charge in [0.15, 0.2) is 0 Å². The van der Waals surface area contributed by atoms with Gasteiger partial charge in [-0.25, -0.2) is 12.4 Å². The monoisotopic (exact) mass is 371 g/mol. The number of ether oxygens (including phenoxy) is 2. The fourth-order valence-electron chi connectivity index (χ4n) is 2.36. The van der Waals surface area contributed by atoms with Crippen LogP contribution in [0, 0.1) is 0 Å². The fourth-order valence-corrected chi connectivity index (χ4v) is 3.71. The van der Waals surface area contributed by atoms with Gasteiger partial charge in [0.05, 0.1) is 17.5 Å². The van der Waals surface area contributed by atoms with Crippen molar-refractivity contribution in [3.63, 3.8) is 0 Å². The number of hydrogen-bond donors (Lipinski definition) is 0. The zero-order valence-electron chi connectivity index (χ0n) is 12.8. The van der Waals surface area contributed by atoms with Crippen molar-refractivity contribution < 1.29 is 31.1 Å². The van der Waals surface area contributed by atoms with Crippen molar-refractivity contribution in [3.8, 4) is 11.5 Å². The molecule has 0 aliphatic heterocycles. The maximum atomic E-state index is 12.7. The summed E-state index contributed by atoms with van der Waals surface area (Å²) in [7, 11) is -2.46. The highest BCUT2D eigenvalue weighted by molar-refractivity contribution is 7.90. The molecular weight excluding hydrogens is 359 g/mol. The quantitative estimate of drug-likeness (QED) is 0.700. The van der Waals surface area contributed by atoms with Crippen LogP contribution in [0.2, 0.25) is 0 Å². The summed E-state index contributed by atoms with van der Waals surface area (Å²) in [4.78, 5) is -0.157. The highest BCUT2D eigenvalue weighted by Crippen LogP contribution is 2.28. The first kappa shape index (κ1) is 17.2. The molecular formula is C16H12F3NO4S. The summed E-state index contributed by atoms with van der Waals surface area (Å²) in [6.07, 6.45) is -3.46. The number of nitrogens with zero attached hydrogens (tertiary/aromatic N) is 1. The third kappa shape index (κ3) is 3.41. The summed E-state index contributed by atoms with van der Waals surface area (Å²) >= 11 is 0. The van der Waals surface area contributed by atoms with Crippen LogP contribution in [0.25, 0.3) is 10.9 Å². The Morgan fingerprint density at radius 3 is 2.20 bits per heavy atom. The average Bonchev–Trinajstić information content (AvgIpc) is 2.97. The third-order valence-electron chi connectivity index (χ3n) is 3.48. The molecule has 0 N–H and O–H groups in total. The minimum absolute atomic E-state index is 0.157. The van der Waals surface area contributed by atoms with Gasteiger partial charge in [-0.1, -0.05) is 0 Å². The molecule has 0 spiro atoms. The zero-order valence-corrected chi connectivity index (χ0v) is 13.6. The Morgan fingerprint density at radius 1 is 0.960 bits per heavy atom. The molecule has 0 unspecified atom stereocenters. The van der Waals surface area contributed by atoms with Crippen molar-refractivity contribution >= 4 is 20.9 Å². The van der Waals surface area contributed by atoms with Crippen molar-refractivity contribution in [2.45, 2.75) is 11.3 Å². The standard InChI is InChI=1S/C16H12F3NO4S/c1-23-13-4-7-15-11(10-13)8-9-20(15)25(21,22)14-5-2-12(3-6-14)24-16(17,18)19/h2-10H,1H3. The Hall–Kier alpha value is -2.68. The molecule has 0 bridgehead atoms. The van der Waals surface area contributed by atoms with Gasteiger partial charge in [-0.2, -0.15) is 0 Å². The first-order chi connectivity index (χ1) is 11.7. The maximum Gasteiger partial charge on any atom is 0.573 e. The fraction of sp³-hybridized carbons (Fsp3) is 0.125. The van der Waals surface area contributed by atoms with Crippen molar-refractivity contribution in [1.82, 2.24) is 3.97 Å². The molecule has 9 heteroatoms. The van der Waals surface area contributed by atoms with Gasteiger partial charge in [-0.05, 0) is 48.5 Å². The summed E-state index contributed by atoms with van der Waals surface area (Å²) in [6, 6.07) is 10.5. The lowest BCUT2D eigenvalue weighted by atomic mass is 10.2. The SMILES string of the molecule is COc1ccc2c(ccn2S(=O)(=O)c2ccc(OC(F)(F)F)cc2)c1. The summed E-state index contributed by atoms with van der Waals surface area (Å²) < 4.78 is 71.9. The Morgan fingerprint density at radius 2 is 1.60 bits per heavy atom. The van der Waals surface area contributed by atoms with Crippen LogP contribution in [0.5, 0.6) is 11.5 Å². The first-order valence-corrected chi connectivity index (χ1v) is 8.41. The molecule has 5 nitrogen and oxygen atoms in total. The van der Waals surface area contributed by atoms with Gasteiger partial charge in [0, 0.05) is 11.6 Å². The van der Waals surface area contributed by atoms with Crippen molar-refractivity contribution in [1.29, 1.82) is 0 Å². The van der Waals surface area contributed by atoms with Crippen LogP contribution in [0.4, 0.5) is 13.2 Å². The van der Waals surface area contributed by atoms with E-state index < -0.39 is 22.1 Å². The number of fused-ring (bicyclic) bond motifs is 1. The smallest absolute Gasteiger partial charge is 0.497 e. The molecule has 0 saturated carbocycles. The van der Waals surface area contributed by atoms with E-state index in [-0.39, 0.29) is 4.90 Å². The Kier molecular flexibility index (Phi) is 4.11. The van der Waals surface area contributed by atoms with E-state index >= 15 is 0 Å². The van der Waals surface area contributed by atoms with Gasteiger partial charge in [-0.15, -0.1) is 13.2 Å². The molecule has 2 aromatic carbocycles. The maximum absolute atomic E-state index is 12.7. The molecule has 0 aliphatic carbocycles. The van der Waals surface area contributed by atoms with E-state index in [1.165, 1.54) is 13.3 Å². The van der Waals surface area contributed by atoms with E-state index in [4.69, 9.17) is 4.74 Å². The second-order valence-corrected chi connectivity index (χ2v) is 6.88. The van der Waals surface area contributed by atoms with Gasteiger partial charge in [0.25, 0.3) is 10.0 Å². The van der Waals surface area contributed by atoms with Crippen LogP contribution in [-0.2, 0) is 10.0 Å². The number of benzene rings is 2. The van der Waals surface area contributed by atoms with E-state index in [9.17, 15) is 21.6 Å². The number of methoxy groups -OCH3 is 1. The largest absolute Gasteiger partial charge is 0.573 e. The van der Waals surface area contributed by atoms with E-state index in [1.54, 1.807) is 24.3 Å². The normalized spacial score (nSPS) is 12.3. The van der Waals surface area contributed by atoms with Crippen molar-refractivity contribution in [2.75, 3.05) is 7.11 Å². The van der Waals surface area contributed by atoms with Crippen LogP contribution < -0.4 is 9.47 Å². The van der Waals surface area contributed by atoms with Crippen LogP contribution >= 0.6 is 0 Å². The lowest BCUT2D eigenvalue weighted by molar-refractivity contribution is -0.274. The number of aromatic nitrogens is 1. The van der Waals surface area contributed by atoms with E-state index in [1.807, 2.05) is 0 Å². The molecule has 1 aromatic heterocycles. The summed E-state index contributed by atoms with van der Waals surface area (Å²) in [5.41, 5.74) is 0.427. The molecule has 25 heavy (non-hydrogen) atoms. The van der Waals surface area contributed by atoms with Gasteiger partial charge >= 0.3 is 6.36 Å².